The van der Waals surface area contributed by atoms with Gasteiger partial charge in [-0.25, -0.2) is 0 Å². The third-order valence-corrected chi connectivity index (χ3v) is 5.33. The van der Waals surface area contributed by atoms with E-state index in [-0.39, 0.29) is 31.4 Å². The summed E-state index contributed by atoms with van der Waals surface area (Å²) in [6, 6.07) is 15.2. The number of hydrogen-bond acceptors (Lipinski definition) is 5. The number of ether oxygens (including phenoxy) is 1. The minimum absolute atomic E-state index is 0.137. The van der Waals surface area contributed by atoms with Crippen LogP contribution in [0.15, 0.2) is 67.1 Å². The fraction of sp³-hybridized carbons (Fsp3) is 0.304. The molecule has 1 aliphatic rings. The van der Waals surface area contributed by atoms with Gasteiger partial charge >= 0.3 is 0 Å². The first-order valence-electron chi connectivity index (χ1n) is 10.2. The van der Waals surface area contributed by atoms with Gasteiger partial charge in [0.1, 0.15) is 0 Å². The van der Waals surface area contributed by atoms with Crippen LogP contribution < -0.4 is 5.32 Å². The molecule has 3 aromatic rings. The lowest BCUT2D eigenvalue weighted by molar-refractivity contribution is -0.157. The van der Waals surface area contributed by atoms with Gasteiger partial charge in [0.05, 0.1) is 24.9 Å². The van der Waals surface area contributed by atoms with Gasteiger partial charge in [0.25, 0.3) is 11.8 Å². The van der Waals surface area contributed by atoms with Gasteiger partial charge in [-0.2, -0.15) is 5.10 Å². The number of carbonyl (C=O) groups excluding carboxylic acids is 2. The number of hydrogen-bond donors (Lipinski definition) is 1. The predicted octanol–water partition coefficient (Wildman–Crippen LogP) is 1.59. The fourth-order valence-electron chi connectivity index (χ4n) is 3.73. The van der Waals surface area contributed by atoms with Crippen molar-refractivity contribution in [2.45, 2.75) is 18.6 Å². The van der Waals surface area contributed by atoms with Gasteiger partial charge in [-0.3, -0.25) is 19.3 Å². The number of rotatable bonds is 6. The Balaban J connectivity index is 1.56. The highest BCUT2D eigenvalue weighted by atomic mass is 16.5. The van der Waals surface area contributed by atoms with Crippen molar-refractivity contribution in [1.29, 1.82) is 0 Å². The molecule has 8 heteroatoms. The quantitative estimate of drug-likeness (QED) is 0.655. The first kappa shape index (κ1) is 20.7. The number of aryl methyl sites for hydroxylation is 1. The Labute approximate surface area is 180 Å². The van der Waals surface area contributed by atoms with Crippen LogP contribution in [0.25, 0.3) is 0 Å². The summed E-state index contributed by atoms with van der Waals surface area (Å²) in [6.07, 6.45) is 5.17. The van der Waals surface area contributed by atoms with Crippen LogP contribution in [0.5, 0.6) is 0 Å². The topological polar surface area (TPSA) is 89.4 Å². The third-order valence-electron chi connectivity index (χ3n) is 5.33. The van der Waals surface area contributed by atoms with Crippen molar-refractivity contribution in [1.82, 2.24) is 25.0 Å². The first-order chi connectivity index (χ1) is 15.1. The van der Waals surface area contributed by atoms with Crippen LogP contribution in [0.4, 0.5) is 0 Å². The molecule has 3 heterocycles. The van der Waals surface area contributed by atoms with Crippen LogP contribution in [0.2, 0.25) is 0 Å². The molecule has 1 atom stereocenters. The zero-order valence-corrected chi connectivity index (χ0v) is 17.4. The molecule has 31 heavy (non-hydrogen) atoms. The molecule has 0 spiro atoms. The summed E-state index contributed by atoms with van der Waals surface area (Å²) < 4.78 is 7.66. The molecule has 1 saturated heterocycles. The minimum atomic E-state index is -1.22. The SMILES string of the molecule is Cn1cc(C(=O)N2CCOC(Cc3ccccn3)(C(=O)NCc3ccccc3)C2)cn1. The highest BCUT2D eigenvalue weighted by Crippen LogP contribution is 2.25. The Morgan fingerprint density at radius 3 is 2.68 bits per heavy atom. The van der Waals surface area contributed by atoms with Crippen LogP contribution in [0, 0.1) is 0 Å². The molecule has 2 amide bonds. The van der Waals surface area contributed by atoms with E-state index in [0.29, 0.717) is 18.7 Å². The number of benzene rings is 1. The first-order valence-corrected chi connectivity index (χ1v) is 10.2. The van der Waals surface area contributed by atoms with E-state index in [1.165, 1.54) is 6.20 Å². The average molecular weight is 419 g/mol. The lowest BCUT2D eigenvalue weighted by Gasteiger charge is -2.41. The van der Waals surface area contributed by atoms with Gasteiger partial charge in [0.2, 0.25) is 0 Å². The Kier molecular flexibility index (Phi) is 6.08. The van der Waals surface area contributed by atoms with Gasteiger partial charge in [-0.05, 0) is 17.7 Å². The molecular formula is C23H25N5O3. The third kappa shape index (κ3) is 4.80. The largest absolute Gasteiger partial charge is 0.361 e. The number of aromatic nitrogens is 3. The van der Waals surface area contributed by atoms with Crippen LogP contribution in [-0.4, -0.2) is 56.8 Å². The molecule has 0 aliphatic carbocycles. The van der Waals surface area contributed by atoms with E-state index in [1.807, 2.05) is 48.5 Å². The molecule has 1 fully saturated rings. The van der Waals surface area contributed by atoms with Gasteiger partial charge < -0.3 is 15.0 Å². The molecule has 0 saturated carbocycles. The van der Waals surface area contributed by atoms with E-state index in [9.17, 15) is 9.59 Å². The summed E-state index contributed by atoms with van der Waals surface area (Å²) in [5, 5.41) is 7.07. The van der Waals surface area contributed by atoms with E-state index in [2.05, 4.69) is 15.4 Å². The van der Waals surface area contributed by atoms with Crippen molar-refractivity contribution < 1.29 is 14.3 Å². The Morgan fingerprint density at radius 2 is 1.97 bits per heavy atom. The summed E-state index contributed by atoms with van der Waals surface area (Å²) in [4.78, 5) is 32.4. The maximum Gasteiger partial charge on any atom is 0.257 e. The van der Waals surface area contributed by atoms with E-state index in [1.54, 1.807) is 29.0 Å². The molecule has 2 aromatic heterocycles. The molecule has 1 N–H and O–H groups in total. The molecule has 0 radical (unpaired) electrons. The van der Waals surface area contributed by atoms with Crippen molar-refractivity contribution in [3.63, 3.8) is 0 Å². The second kappa shape index (κ2) is 9.09. The standard InChI is InChI=1S/C23H25N5O3/c1-27-16-19(15-26-27)21(29)28-11-12-31-23(17-28,13-20-9-5-6-10-24-20)22(30)25-14-18-7-3-2-4-8-18/h2-10,15-16H,11-14,17H2,1H3,(H,25,30). The monoisotopic (exact) mass is 419 g/mol. The van der Waals surface area contributed by atoms with Gasteiger partial charge in [-0.1, -0.05) is 36.4 Å². The van der Waals surface area contributed by atoms with Crippen molar-refractivity contribution >= 4 is 11.8 Å². The van der Waals surface area contributed by atoms with Crippen molar-refractivity contribution in [2.75, 3.05) is 19.7 Å². The maximum absolute atomic E-state index is 13.4. The Bertz CT molecular complexity index is 1040. The minimum Gasteiger partial charge on any atom is -0.361 e. The molecule has 0 bridgehead atoms. The van der Waals surface area contributed by atoms with E-state index in [0.717, 1.165) is 11.3 Å². The number of amides is 2. The molecule has 1 aromatic carbocycles. The van der Waals surface area contributed by atoms with Crippen molar-refractivity contribution in [2.24, 2.45) is 7.05 Å². The number of carbonyl (C=O) groups is 2. The number of nitrogens with one attached hydrogen (secondary N) is 1. The van der Waals surface area contributed by atoms with E-state index in [4.69, 9.17) is 4.74 Å². The lowest BCUT2D eigenvalue weighted by Crippen LogP contribution is -2.62. The maximum atomic E-state index is 13.4. The zero-order chi connectivity index (χ0) is 21.7. The summed E-state index contributed by atoms with van der Waals surface area (Å²) >= 11 is 0. The second-order valence-electron chi connectivity index (χ2n) is 7.64. The smallest absolute Gasteiger partial charge is 0.257 e. The normalized spacial score (nSPS) is 18.5. The number of pyridine rings is 1. The van der Waals surface area contributed by atoms with Gasteiger partial charge in [0, 0.05) is 44.6 Å². The summed E-state index contributed by atoms with van der Waals surface area (Å²) in [5.74, 6) is -0.427. The van der Waals surface area contributed by atoms with Gasteiger partial charge in [0.15, 0.2) is 5.60 Å². The molecule has 1 unspecified atom stereocenters. The Morgan fingerprint density at radius 1 is 1.16 bits per heavy atom. The van der Waals surface area contributed by atoms with Crippen molar-refractivity contribution in [3.05, 3.63) is 83.9 Å². The second-order valence-corrected chi connectivity index (χ2v) is 7.64. The van der Waals surface area contributed by atoms with Gasteiger partial charge in [-0.15, -0.1) is 0 Å². The number of morpholine rings is 1. The summed E-state index contributed by atoms with van der Waals surface area (Å²) in [6.45, 7) is 1.18. The lowest BCUT2D eigenvalue weighted by atomic mass is 9.93. The number of nitrogens with zero attached hydrogens (tertiary/aromatic N) is 4. The Hall–Kier alpha value is -3.52. The van der Waals surface area contributed by atoms with Crippen molar-refractivity contribution in [3.8, 4) is 0 Å². The summed E-state index contributed by atoms with van der Waals surface area (Å²) in [7, 11) is 1.76. The van der Waals surface area contributed by atoms with Crippen LogP contribution in [0.1, 0.15) is 21.6 Å². The van der Waals surface area contributed by atoms with E-state index >= 15 is 0 Å². The average Bonchev–Trinajstić information content (AvgIpc) is 3.24. The highest BCUT2D eigenvalue weighted by molar-refractivity contribution is 5.95. The van der Waals surface area contributed by atoms with Crippen LogP contribution in [0.3, 0.4) is 0 Å². The zero-order valence-electron chi connectivity index (χ0n) is 17.4. The highest BCUT2D eigenvalue weighted by Gasteiger charge is 2.45. The molecule has 1 aliphatic heterocycles. The molecule has 160 valence electrons. The fourth-order valence-corrected chi connectivity index (χ4v) is 3.73. The predicted molar refractivity (Wildman–Crippen MR) is 114 cm³/mol. The molecule has 8 nitrogen and oxygen atoms in total. The van der Waals surface area contributed by atoms with E-state index < -0.39 is 5.60 Å². The van der Waals surface area contributed by atoms with Crippen LogP contribution >= 0.6 is 0 Å². The van der Waals surface area contributed by atoms with Crippen LogP contribution in [-0.2, 0) is 29.5 Å². The summed E-state index contributed by atoms with van der Waals surface area (Å²) in [5.41, 5.74) is 0.982. The molecular weight excluding hydrogens is 394 g/mol. The molecule has 4 rings (SSSR count).